The van der Waals surface area contributed by atoms with E-state index in [4.69, 9.17) is 4.74 Å². The summed E-state index contributed by atoms with van der Waals surface area (Å²) < 4.78 is 53.3. The van der Waals surface area contributed by atoms with Crippen molar-refractivity contribution >= 4 is 15.7 Å². The zero-order valence-electron chi connectivity index (χ0n) is 14.8. The summed E-state index contributed by atoms with van der Waals surface area (Å²) in [6.45, 7) is 7.08. The van der Waals surface area contributed by atoms with Gasteiger partial charge in [-0.25, -0.2) is 8.42 Å². The number of amides is 1. The van der Waals surface area contributed by atoms with Crippen LogP contribution in [0.4, 0.5) is 8.78 Å². The Balaban J connectivity index is 1.79. The summed E-state index contributed by atoms with van der Waals surface area (Å²) >= 11 is 0. The number of halogens is 2. The molecule has 0 bridgehead atoms. The molecule has 0 aliphatic carbocycles. The van der Waals surface area contributed by atoms with Crippen molar-refractivity contribution in [3.63, 3.8) is 0 Å². The molecule has 1 fully saturated rings. The van der Waals surface area contributed by atoms with Crippen molar-refractivity contribution in [3.05, 3.63) is 29.8 Å². The highest BCUT2D eigenvalue weighted by molar-refractivity contribution is 7.91. The zero-order chi connectivity index (χ0) is 19.3. The van der Waals surface area contributed by atoms with E-state index in [2.05, 4.69) is 10.2 Å². The van der Waals surface area contributed by atoms with Crippen molar-refractivity contribution < 1.29 is 26.7 Å². The van der Waals surface area contributed by atoms with E-state index in [0.29, 0.717) is 6.54 Å². The monoisotopic (exact) mass is 390 g/mol. The van der Waals surface area contributed by atoms with Crippen LogP contribution in [-0.4, -0.2) is 63.4 Å². The highest BCUT2D eigenvalue weighted by atomic mass is 32.2. The maximum absolute atomic E-state index is 12.5. The van der Waals surface area contributed by atoms with Gasteiger partial charge in [0.25, 0.3) is 5.91 Å². The van der Waals surface area contributed by atoms with Gasteiger partial charge in [-0.2, -0.15) is 8.78 Å². The summed E-state index contributed by atoms with van der Waals surface area (Å²) in [4.78, 5) is 13.8. The molecule has 0 radical (unpaired) electrons. The number of nitrogens with one attached hydrogen (secondary N) is 1. The summed E-state index contributed by atoms with van der Waals surface area (Å²) in [6.07, 6.45) is 1.15. The Morgan fingerprint density at radius 1 is 1.23 bits per heavy atom. The lowest BCUT2D eigenvalue weighted by Gasteiger charge is -2.35. The Morgan fingerprint density at radius 2 is 1.81 bits per heavy atom. The van der Waals surface area contributed by atoms with Crippen molar-refractivity contribution in [2.45, 2.75) is 43.1 Å². The van der Waals surface area contributed by atoms with Gasteiger partial charge < -0.3 is 10.1 Å². The molecule has 26 heavy (non-hydrogen) atoms. The highest BCUT2D eigenvalue weighted by Gasteiger charge is 2.26. The van der Waals surface area contributed by atoms with Gasteiger partial charge in [-0.1, -0.05) is 0 Å². The van der Waals surface area contributed by atoms with E-state index < -0.39 is 20.5 Å². The van der Waals surface area contributed by atoms with Gasteiger partial charge in [0, 0.05) is 31.7 Å². The minimum absolute atomic E-state index is 0.191. The summed E-state index contributed by atoms with van der Waals surface area (Å²) in [5, 5.41) is 2.75. The zero-order valence-corrected chi connectivity index (χ0v) is 15.6. The van der Waals surface area contributed by atoms with Gasteiger partial charge >= 0.3 is 5.76 Å². The normalized spacial score (nSPS) is 21.7. The molecular weight excluding hydrogens is 366 g/mol. The standard InChI is InChI=1S/C17H24F2N2O4S/c1-12-10-21(11-13(2)25-12)9-3-8-20-16(22)14-4-6-15(7-5-14)26(23,24)17(18)19/h4-7,12-13,17H,3,8-11H2,1-2H3,(H,20,22). The van der Waals surface area contributed by atoms with Crippen molar-refractivity contribution in [1.82, 2.24) is 10.2 Å². The maximum Gasteiger partial charge on any atom is 0.341 e. The molecule has 1 aromatic carbocycles. The van der Waals surface area contributed by atoms with Crippen LogP contribution in [0, 0.1) is 0 Å². The second-order valence-electron chi connectivity index (χ2n) is 6.46. The van der Waals surface area contributed by atoms with Crippen LogP contribution in [0.2, 0.25) is 0 Å². The number of hydrogen-bond donors (Lipinski definition) is 1. The number of benzene rings is 1. The average Bonchev–Trinajstić information content (AvgIpc) is 2.57. The first-order valence-corrected chi connectivity index (χ1v) is 10.0. The number of carbonyl (C=O) groups is 1. The lowest BCUT2D eigenvalue weighted by Crippen LogP contribution is -2.46. The lowest BCUT2D eigenvalue weighted by atomic mass is 10.2. The summed E-state index contributed by atoms with van der Waals surface area (Å²) in [7, 11) is -4.64. The van der Waals surface area contributed by atoms with Crippen molar-refractivity contribution in [3.8, 4) is 0 Å². The van der Waals surface area contributed by atoms with Crippen LogP contribution in [0.1, 0.15) is 30.6 Å². The van der Waals surface area contributed by atoms with Crippen molar-refractivity contribution in [2.75, 3.05) is 26.2 Å². The van der Waals surface area contributed by atoms with E-state index >= 15 is 0 Å². The molecule has 9 heteroatoms. The number of rotatable bonds is 7. The average molecular weight is 390 g/mol. The molecule has 1 heterocycles. The third-order valence-electron chi connectivity index (χ3n) is 4.11. The lowest BCUT2D eigenvalue weighted by molar-refractivity contribution is -0.0680. The number of sulfone groups is 1. The van der Waals surface area contributed by atoms with E-state index in [-0.39, 0.29) is 23.7 Å². The fourth-order valence-electron chi connectivity index (χ4n) is 2.97. The predicted molar refractivity (Wildman–Crippen MR) is 93.0 cm³/mol. The first kappa shape index (κ1) is 20.7. The topological polar surface area (TPSA) is 75.7 Å². The van der Waals surface area contributed by atoms with Crippen molar-refractivity contribution in [1.29, 1.82) is 0 Å². The second-order valence-corrected chi connectivity index (χ2v) is 8.37. The van der Waals surface area contributed by atoms with Gasteiger partial charge in [-0.15, -0.1) is 0 Å². The molecule has 1 aliphatic rings. The Hall–Kier alpha value is -1.58. The summed E-state index contributed by atoms with van der Waals surface area (Å²) in [5.41, 5.74) is 0.229. The minimum atomic E-state index is -4.64. The fourth-order valence-corrected chi connectivity index (χ4v) is 3.69. The fraction of sp³-hybridized carbons (Fsp3) is 0.588. The first-order chi connectivity index (χ1) is 12.2. The molecule has 1 saturated heterocycles. The number of ether oxygens (including phenoxy) is 1. The van der Waals surface area contributed by atoms with E-state index in [1.807, 2.05) is 13.8 Å². The highest BCUT2D eigenvalue weighted by Crippen LogP contribution is 2.18. The van der Waals surface area contributed by atoms with E-state index in [9.17, 15) is 22.0 Å². The van der Waals surface area contributed by atoms with Gasteiger partial charge in [0.1, 0.15) is 0 Å². The van der Waals surface area contributed by atoms with Gasteiger partial charge in [0.2, 0.25) is 9.84 Å². The number of hydrogen-bond acceptors (Lipinski definition) is 5. The summed E-state index contributed by atoms with van der Waals surface area (Å²) in [6, 6.07) is 4.51. The smallest absolute Gasteiger partial charge is 0.341 e. The Kier molecular flexibility index (Phi) is 7.08. The van der Waals surface area contributed by atoms with Crippen LogP contribution >= 0.6 is 0 Å². The molecule has 1 amide bonds. The Bertz CT molecular complexity index is 700. The van der Waals surface area contributed by atoms with Gasteiger partial charge in [-0.3, -0.25) is 9.69 Å². The quantitative estimate of drug-likeness (QED) is 0.720. The Morgan fingerprint density at radius 3 is 2.35 bits per heavy atom. The number of carbonyl (C=O) groups excluding carboxylic acids is 1. The number of alkyl halides is 2. The number of nitrogens with zero attached hydrogens (tertiary/aromatic N) is 1. The van der Waals surface area contributed by atoms with Crippen LogP contribution in [0.3, 0.4) is 0 Å². The minimum Gasteiger partial charge on any atom is -0.373 e. The van der Waals surface area contributed by atoms with Crippen LogP contribution in [0.25, 0.3) is 0 Å². The molecular formula is C17H24F2N2O4S. The van der Waals surface area contributed by atoms with E-state index in [0.717, 1.165) is 38.2 Å². The van der Waals surface area contributed by atoms with Crippen LogP contribution in [-0.2, 0) is 14.6 Å². The molecule has 2 rings (SSSR count). The van der Waals surface area contributed by atoms with Crippen LogP contribution in [0.15, 0.2) is 29.2 Å². The third kappa shape index (κ3) is 5.46. The molecule has 0 saturated carbocycles. The predicted octanol–water partition coefficient (Wildman–Crippen LogP) is 1.91. The Labute approximate surface area is 152 Å². The third-order valence-corrected chi connectivity index (χ3v) is 5.51. The SMILES string of the molecule is CC1CN(CCCNC(=O)c2ccc(S(=O)(=O)C(F)F)cc2)CC(C)O1. The molecule has 1 aliphatic heterocycles. The van der Waals surface area contributed by atoms with Crippen LogP contribution < -0.4 is 5.32 Å². The second kappa shape index (κ2) is 8.88. The van der Waals surface area contributed by atoms with E-state index in [1.54, 1.807) is 0 Å². The van der Waals surface area contributed by atoms with Gasteiger partial charge in [-0.05, 0) is 44.5 Å². The van der Waals surface area contributed by atoms with Gasteiger partial charge in [0.15, 0.2) is 0 Å². The van der Waals surface area contributed by atoms with E-state index in [1.165, 1.54) is 12.1 Å². The largest absolute Gasteiger partial charge is 0.373 e. The van der Waals surface area contributed by atoms with Crippen molar-refractivity contribution in [2.24, 2.45) is 0 Å². The summed E-state index contributed by atoms with van der Waals surface area (Å²) in [5.74, 6) is -3.84. The molecule has 1 aromatic rings. The van der Waals surface area contributed by atoms with Crippen LogP contribution in [0.5, 0.6) is 0 Å². The number of morpholine rings is 1. The molecule has 0 spiro atoms. The van der Waals surface area contributed by atoms with Gasteiger partial charge in [0.05, 0.1) is 17.1 Å². The molecule has 1 N–H and O–H groups in total. The maximum atomic E-state index is 12.5. The molecule has 146 valence electrons. The first-order valence-electron chi connectivity index (χ1n) is 8.48. The molecule has 2 atom stereocenters. The molecule has 2 unspecified atom stereocenters. The molecule has 6 nitrogen and oxygen atoms in total. The molecule has 0 aromatic heterocycles.